The highest BCUT2D eigenvalue weighted by Gasteiger charge is 2.31. The van der Waals surface area contributed by atoms with Gasteiger partial charge in [0.25, 0.3) is 0 Å². The van der Waals surface area contributed by atoms with E-state index in [0.717, 1.165) is 0 Å². The number of hydrogen-bond donors (Lipinski definition) is 2. The first-order chi connectivity index (χ1) is 15.1. The van der Waals surface area contributed by atoms with Gasteiger partial charge < -0.3 is 10.6 Å². The molecular formula is C24H30F2N4O2. The van der Waals surface area contributed by atoms with E-state index in [4.69, 9.17) is 0 Å². The van der Waals surface area contributed by atoms with E-state index in [0.29, 0.717) is 35.6 Å². The number of piperazine rings is 1. The molecule has 1 aliphatic rings. The smallest absolute Gasteiger partial charge is 0.238 e. The highest BCUT2D eigenvalue weighted by Crippen LogP contribution is 2.18. The summed E-state index contributed by atoms with van der Waals surface area (Å²) >= 11 is 0. The maximum atomic E-state index is 13.7. The summed E-state index contributed by atoms with van der Waals surface area (Å²) in [6, 6.07) is 9.35. The summed E-state index contributed by atoms with van der Waals surface area (Å²) in [4.78, 5) is 29.0. The average molecular weight is 445 g/mol. The first kappa shape index (κ1) is 23.8. The molecule has 8 heteroatoms. The van der Waals surface area contributed by atoms with Gasteiger partial charge in [0.2, 0.25) is 11.8 Å². The van der Waals surface area contributed by atoms with Gasteiger partial charge in [0, 0.05) is 36.5 Å². The van der Waals surface area contributed by atoms with Crippen molar-refractivity contribution in [2.75, 3.05) is 36.8 Å². The number of rotatable bonds is 6. The summed E-state index contributed by atoms with van der Waals surface area (Å²) in [5, 5.41) is 5.49. The number of amides is 2. The molecule has 32 heavy (non-hydrogen) atoms. The van der Waals surface area contributed by atoms with Crippen LogP contribution >= 0.6 is 0 Å². The number of anilines is 2. The van der Waals surface area contributed by atoms with Crippen molar-refractivity contribution in [2.24, 2.45) is 0 Å². The Hall–Kier alpha value is -2.84. The lowest BCUT2D eigenvalue weighted by atomic mass is 10.1. The van der Waals surface area contributed by atoms with Crippen LogP contribution < -0.4 is 10.6 Å². The third-order valence-corrected chi connectivity index (χ3v) is 5.85. The Labute approximate surface area is 187 Å². The Bertz CT molecular complexity index is 918. The molecule has 3 rings (SSSR count). The number of hydrogen-bond acceptors (Lipinski definition) is 4. The van der Waals surface area contributed by atoms with Crippen LogP contribution in [0.15, 0.2) is 36.4 Å². The minimum Gasteiger partial charge on any atom is -0.325 e. The highest BCUT2D eigenvalue weighted by atomic mass is 19.1. The van der Waals surface area contributed by atoms with E-state index in [1.54, 1.807) is 38.1 Å². The van der Waals surface area contributed by atoms with Gasteiger partial charge in [-0.1, -0.05) is 12.1 Å². The van der Waals surface area contributed by atoms with Crippen molar-refractivity contribution < 1.29 is 18.4 Å². The molecule has 1 fully saturated rings. The van der Waals surface area contributed by atoms with Crippen LogP contribution in [0.1, 0.15) is 25.0 Å². The number of aryl methyl sites for hydroxylation is 2. The zero-order valence-corrected chi connectivity index (χ0v) is 18.9. The standard InChI is InChI=1S/C24H30F2N4O2/c1-15-5-7-19(9-21(15)25)27-23(31)13-29-11-18(4)30(12-17(29)3)14-24(32)28-20-8-6-16(2)22(26)10-20/h5-10,17-18H,11-14H2,1-4H3,(H,27,31)(H,28,32)/t17-,18+. The van der Waals surface area contributed by atoms with Crippen LogP contribution in [-0.2, 0) is 9.59 Å². The molecule has 0 saturated carbocycles. The van der Waals surface area contributed by atoms with Crippen molar-refractivity contribution in [2.45, 2.75) is 39.8 Å². The Kier molecular flexibility index (Phi) is 7.58. The van der Waals surface area contributed by atoms with Gasteiger partial charge in [0.15, 0.2) is 0 Å². The summed E-state index contributed by atoms with van der Waals surface area (Å²) in [5.41, 5.74) is 1.92. The van der Waals surface area contributed by atoms with E-state index in [-0.39, 0.29) is 48.6 Å². The van der Waals surface area contributed by atoms with Gasteiger partial charge in [-0.25, -0.2) is 8.78 Å². The first-order valence-corrected chi connectivity index (χ1v) is 10.7. The summed E-state index contributed by atoms with van der Waals surface area (Å²) < 4.78 is 27.4. The van der Waals surface area contributed by atoms with Gasteiger partial charge in [0.1, 0.15) is 11.6 Å². The Morgan fingerprint density at radius 1 is 0.812 bits per heavy atom. The molecule has 2 N–H and O–H groups in total. The van der Waals surface area contributed by atoms with E-state index in [2.05, 4.69) is 10.6 Å². The molecule has 2 amide bonds. The SMILES string of the molecule is Cc1ccc(NC(=O)CN2C[C@H](C)N(CC(=O)Nc3ccc(C)c(F)c3)C[C@H]2C)cc1F. The zero-order valence-electron chi connectivity index (χ0n) is 18.9. The predicted molar refractivity (Wildman–Crippen MR) is 122 cm³/mol. The minimum atomic E-state index is -0.356. The van der Waals surface area contributed by atoms with Gasteiger partial charge >= 0.3 is 0 Å². The summed E-state index contributed by atoms with van der Waals surface area (Å²) in [5.74, 6) is -1.13. The van der Waals surface area contributed by atoms with Crippen molar-refractivity contribution >= 4 is 23.2 Å². The quantitative estimate of drug-likeness (QED) is 0.715. The van der Waals surface area contributed by atoms with E-state index in [1.165, 1.54) is 12.1 Å². The summed E-state index contributed by atoms with van der Waals surface area (Å²) in [6.45, 7) is 8.95. The van der Waals surface area contributed by atoms with E-state index >= 15 is 0 Å². The molecule has 2 aromatic carbocycles. The number of carbonyl (C=O) groups is 2. The van der Waals surface area contributed by atoms with Crippen LogP contribution in [0.2, 0.25) is 0 Å². The van der Waals surface area contributed by atoms with Crippen molar-refractivity contribution in [1.82, 2.24) is 9.80 Å². The molecule has 1 saturated heterocycles. The normalized spacial score (nSPS) is 19.6. The molecule has 172 valence electrons. The monoisotopic (exact) mass is 444 g/mol. The molecule has 0 aliphatic carbocycles. The van der Waals surface area contributed by atoms with Crippen LogP contribution in [-0.4, -0.2) is 59.9 Å². The largest absolute Gasteiger partial charge is 0.325 e. The second-order valence-electron chi connectivity index (χ2n) is 8.58. The third kappa shape index (κ3) is 6.11. The average Bonchev–Trinajstić information content (AvgIpc) is 2.71. The number of nitrogens with zero attached hydrogens (tertiary/aromatic N) is 2. The molecule has 0 spiro atoms. The minimum absolute atomic E-state index is 0.0522. The summed E-state index contributed by atoms with van der Waals surface area (Å²) in [7, 11) is 0. The molecule has 1 heterocycles. The zero-order chi connectivity index (χ0) is 23.4. The second-order valence-corrected chi connectivity index (χ2v) is 8.58. The van der Waals surface area contributed by atoms with E-state index in [1.807, 2.05) is 23.6 Å². The van der Waals surface area contributed by atoms with Gasteiger partial charge in [-0.15, -0.1) is 0 Å². The lowest BCUT2D eigenvalue weighted by molar-refractivity contribution is -0.122. The molecule has 6 nitrogen and oxygen atoms in total. The maximum absolute atomic E-state index is 13.7. The van der Waals surface area contributed by atoms with Gasteiger partial charge in [0.05, 0.1) is 13.1 Å². The van der Waals surface area contributed by atoms with E-state index in [9.17, 15) is 18.4 Å². The number of benzene rings is 2. The highest BCUT2D eigenvalue weighted by molar-refractivity contribution is 5.93. The third-order valence-electron chi connectivity index (χ3n) is 5.85. The Morgan fingerprint density at radius 2 is 1.19 bits per heavy atom. The Morgan fingerprint density at radius 3 is 1.53 bits per heavy atom. The van der Waals surface area contributed by atoms with Crippen LogP contribution in [0.3, 0.4) is 0 Å². The molecular weight excluding hydrogens is 414 g/mol. The van der Waals surface area contributed by atoms with Crippen LogP contribution in [0.5, 0.6) is 0 Å². The van der Waals surface area contributed by atoms with Crippen molar-refractivity contribution in [3.05, 3.63) is 59.2 Å². The number of nitrogens with one attached hydrogen (secondary N) is 2. The predicted octanol–water partition coefficient (Wildman–Crippen LogP) is 3.55. The van der Waals surface area contributed by atoms with Crippen molar-refractivity contribution in [1.29, 1.82) is 0 Å². The number of carbonyl (C=O) groups excluding carboxylic acids is 2. The fourth-order valence-corrected chi connectivity index (χ4v) is 3.82. The summed E-state index contributed by atoms with van der Waals surface area (Å²) in [6.07, 6.45) is 0. The van der Waals surface area contributed by atoms with E-state index < -0.39 is 0 Å². The molecule has 0 unspecified atom stereocenters. The van der Waals surface area contributed by atoms with Crippen molar-refractivity contribution in [3.8, 4) is 0 Å². The van der Waals surface area contributed by atoms with Gasteiger partial charge in [-0.2, -0.15) is 0 Å². The van der Waals surface area contributed by atoms with Crippen molar-refractivity contribution in [3.63, 3.8) is 0 Å². The fourth-order valence-electron chi connectivity index (χ4n) is 3.82. The molecule has 0 radical (unpaired) electrons. The lowest BCUT2D eigenvalue weighted by Crippen LogP contribution is -2.58. The van der Waals surface area contributed by atoms with Crippen LogP contribution in [0.25, 0.3) is 0 Å². The molecule has 2 atom stereocenters. The second kappa shape index (κ2) is 10.2. The van der Waals surface area contributed by atoms with Gasteiger partial charge in [-0.3, -0.25) is 19.4 Å². The molecule has 0 aromatic heterocycles. The number of halogens is 2. The van der Waals surface area contributed by atoms with Crippen LogP contribution in [0, 0.1) is 25.5 Å². The van der Waals surface area contributed by atoms with Crippen LogP contribution in [0.4, 0.5) is 20.2 Å². The molecule has 2 aromatic rings. The molecule has 0 bridgehead atoms. The lowest BCUT2D eigenvalue weighted by Gasteiger charge is -2.43. The fraction of sp³-hybridized carbons (Fsp3) is 0.417. The molecule has 1 aliphatic heterocycles. The first-order valence-electron chi connectivity index (χ1n) is 10.7. The van der Waals surface area contributed by atoms with Gasteiger partial charge in [-0.05, 0) is 63.1 Å². The topological polar surface area (TPSA) is 64.7 Å². The maximum Gasteiger partial charge on any atom is 0.238 e. The Balaban J connectivity index is 1.51.